The van der Waals surface area contributed by atoms with Gasteiger partial charge in [-0.3, -0.25) is 10.2 Å². The summed E-state index contributed by atoms with van der Waals surface area (Å²) in [6.07, 6.45) is 0.946. The zero-order valence-corrected chi connectivity index (χ0v) is 31.1. The molecule has 0 fully saturated rings. The molecule has 0 unspecified atom stereocenters. The maximum Gasteiger partial charge on any atom is 1.00 e. The average molecular weight is 698 g/mol. The molecule has 16 heteroatoms. The topological polar surface area (TPSA) is 193 Å². The average Bonchev–Trinajstić information content (AvgIpc) is 3.04. The minimum absolute atomic E-state index is 0. The van der Waals surface area contributed by atoms with E-state index in [0.29, 0.717) is 27.8 Å². The van der Waals surface area contributed by atoms with Gasteiger partial charge in [0.05, 0.1) is 32.6 Å². The molecule has 0 amide bonds. The van der Waals surface area contributed by atoms with Crippen LogP contribution in [0.25, 0.3) is 15.7 Å². The van der Waals surface area contributed by atoms with Crippen molar-refractivity contribution >= 4 is 75.8 Å². The van der Waals surface area contributed by atoms with Crippen molar-refractivity contribution in [2.24, 2.45) is 15.3 Å². The third-order valence-corrected chi connectivity index (χ3v) is 8.72. The first-order valence-corrected chi connectivity index (χ1v) is 16.3. The van der Waals surface area contributed by atoms with Crippen LogP contribution in [0.15, 0.2) is 135 Å². The molecule has 0 saturated heterocycles. The predicted octanol–water partition coefficient (Wildman–Crippen LogP) is 0.461. The van der Waals surface area contributed by atoms with Crippen molar-refractivity contribution in [3.8, 4) is 0 Å². The molecule has 5 aromatic rings. The molecule has 0 radical (unpaired) electrons. The molecule has 1 aliphatic rings. The van der Waals surface area contributed by atoms with Crippen LogP contribution in [0.1, 0.15) is 15.9 Å². The van der Waals surface area contributed by atoms with E-state index in [1.807, 2.05) is 0 Å². The van der Waals surface area contributed by atoms with Crippen molar-refractivity contribution in [2.75, 3.05) is 10.7 Å². The minimum Gasteiger partial charge on any atom is -0.744 e. The Morgan fingerprint density at radius 1 is 0.625 bits per heavy atom. The summed E-state index contributed by atoms with van der Waals surface area (Å²) in [6, 6.07) is 29.0. The van der Waals surface area contributed by atoms with E-state index in [1.165, 1.54) is 30.3 Å². The number of Topliss-reactive ketones (excluding diaryl/α,β-unsaturated/α-hetero) is 1. The zero-order chi connectivity index (χ0) is 32.5. The SMILES string of the molecule is O=C1/C(=N/Nc2ccc(N=Nc3ccc(Nc4ccccc4)c(S(=O)(=O)[O-])c3)c3ccccc23)C=C(S(=O)(=O)[O-])c2ccccc21.[Na+].[Na+]. The number of azo groups is 1. The minimum atomic E-state index is -4.90. The monoisotopic (exact) mass is 697 g/mol. The predicted molar refractivity (Wildman–Crippen MR) is 172 cm³/mol. The van der Waals surface area contributed by atoms with Gasteiger partial charge in [-0.2, -0.15) is 10.2 Å². The first kappa shape index (κ1) is 37.3. The van der Waals surface area contributed by atoms with Gasteiger partial charge in [0.25, 0.3) is 0 Å². The standard InChI is InChI=1S/C32H23N5O7S2.2Na/c38-32-25-13-7-6-12-24(25)30(45(39,40)41)19-29(32)37-36-27-17-16-26(22-10-4-5-11-23(22)27)35-34-21-14-15-28(31(18-21)46(42,43)44)33-20-8-2-1-3-9-20;;/h1-19,33,36H,(H,39,40,41)(H,42,43,44);;/q;2*+1/p-2/b35-34?,37-29+;;. The number of hydrazone groups is 1. The van der Waals surface area contributed by atoms with Gasteiger partial charge in [-0.15, -0.1) is 5.11 Å². The number of carbonyl (C=O) groups is 1. The molecule has 6 rings (SSSR count). The van der Waals surface area contributed by atoms with Gasteiger partial charge >= 0.3 is 59.1 Å². The van der Waals surface area contributed by atoms with Crippen LogP contribution in [-0.4, -0.2) is 37.4 Å². The summed E-state index contributed by atoms with van der Waals surface area (Å²) in [4.78, 5) is 12.0. The van der Waals surface area contributed by atoms with Gasteiger partial charge in [-0.1, -0.05) is 66.7 Å². The van der Waals surface area contributed by atoms with Crippen molar-refractivity contribution in [1.82, 2.24) is 0 Å². The summed E-state index contributed by atoms with van der Waals surface area (Å²) < 4.78 is 72.0. The molecule has 12 nitrogen and oxygen atoms in total. The van der Waals surface area contributed by atoms with Gasteiger partial charge in [-0.05, 0) is 48.5 Å². The van der Waals surface area contributed by atoms with Gasteiger partial charge in [0.15, 0.2) is 0 Å². The summed E-state index contributed by atoms with van der Waals surface area (Å²) in [7, 11) is -9.76. The van der Waals surface area contributed by atoms with Crippen molar-refractivity contribution in [1.29, 1.82) is 0 Å². The number of nitrogens with one attached hydrogen (secondary N) is 2. The van der Waals surface area contributed by atoms with E-state index in [0.717, 1.165) is 12.1 Å². The summed E-state index contributed by atoms with van der Waals surface area (Å²) in [5, 5.41) is 16.7. The van der Waals surface area contributed by atoms with Crippen molar-refractivity contribution in [3.05, 3.63) is 126 Å². The molecule has 2 N–H and O–H groups in total. The molecule has 0 aromatic heterocycles. The number of nitrogens with zero attached hydrogens (tertiary/aromatic N) is 3. The van der Waals surface area contributed by atoms with E-state index >= 15 is 0 Å². The molecular weight excluding hydrogens is 676 g/mol. The van der Waals surface area contributed by atoms with Crippen LogP contribution >= 0.6 is 0 Å². The van der Waals surface area contributed by atoms with E-state index in [9.17, 15) is 30.7 Å². The van der Waals surface area contributed by atoms with Crippen LogP contribution in [0.4, 0.5) is 28.4 Å². The molecule has 0 atom stereocenters. The van der Waals surface area contributed by atoms with E-state index in [1.54, 1.807) is 72.8 Å². The number of allylic oxidation sites excluding steroid dienone is 1. The van der Waals surface area contributed by atoms with E-state index in [2.05, 4.69) is 26.1 Å². The Bertz CT molecular complexity index is 2350. The molecule has 5 aromatic carbocycles. The normalized spacial score (nSPS) is 13.8. The van der Waals surface area contributed by atoms with Crippen molar-refractivity contribution < 1.29 is 89.9 Å². The Morgan fingerprint density at radius 3 is 1.94 bits per heavy atom. The number of rotatable bonds is 8. The molecule has 230 valence electrons. The van der Waals surface area contributed by atoms with Crippen molar-refractivity contribution in [2.45, 2.75) is 4.90 Å². The number of anilines is 3. The van der Waals surface area contributed by atoms with E-state index in [-0.39, 0.29) is 87.3 Å². The van der Waals surface area contributed by atoms with Crippen molar-refractivity contribution in [3.63, 3.8) is 0 Å². The number of carbonyl (C=O) groups excluding carboxylic acids is 1. The molecule has 48 heavy (non-hydrogen) atoms. The van der Waals surface area contributed by atoms with Crippen LogP contribution in [-0.2, 0) is 20.2 Å². The summed E-state index contributed by atoms with van der Waals surface area (Å²) in [5.74, 6) is -0.560. The quantitative estimate of drug-likeness (QED) is 0.100. The smallest absolute Gasteiger partial charge is 0.744 e. The fourth-order valence-electron chi connectivity index (χ4n) is 4.85. The third-order valence-electron chi connectivity index (χ3n) is 6.97. The summed E-state index contributed by atoms with van der Waals surface area (Å²) in [6.45, 7) is 0. The second-order valence-corrected chi connectivity index (χ2v) is 12.6. The van der Waals surface area contributed by atoms with E-state index < -0.39 is 35.8 Å². The Kier molecular flexibility index (Phi) is 11.9. The Hall–Kier alpha value is -3.54. The van der Waals surface area contributed by atoms with Crippen LogP contribution < -0.4 is 69.9 Å². The first-order chi connectivity index (χ1) is 22.0. The molecule has 0 heterocycles. The van der Waals surface area contributed by atoms with Gasteiger partial charge in [-0.25, -0.2) is 16.8 Å². The van der Waals surface area contributed by atoms with E-state index in [4.69, 9.17) is 0 Å². The number of benzene rings is 5. The van der Waals surface area contributed by atoms with Crippen LogP contribution in [0.2, 0.25) is 0 Å². The Morgan fingerprint density at radius 2 is 1.25 bits per heavy atom. The molecule has 0 aliphatic heterocycles. The first-order valence-electron chi connectivity index (χ1n) is 13.5. The molecule has 0 spiro atoms. The van der Waals surface area contributed by atoms with Gasteiger partial charge in [0.2, 0.25) is 5.78 Å². The van der Waals surface area contributed by atoms with Gasteiger partial charge in [0.1, 0.15) is 25.9 Å². The Labute approximate surface area is 320 Å². The maximum absolute atomic E-state index is 13.0. The molecule has 0 saturated carbocycles. The van der Waals surface area contributed by atoms with Gasteiger partial charge in [0, 0.05) is 27.6 Å². The number of hydrogen-bond donors (Lipinski definition) is 2. The molecule has 1 aliphatic carbocycles. The fourth-order valence-corrected chi connectivity index (χ4v) is 6.21. The number of fused-ring (bicyclic) bond motifs is 2. The molecule has 0 bridgehead atoms. The largest absolute Gasteiger partial charge is 1.00 e. The maximum atomic E-state index is 13.0. The second kappa shape index (κ2) is 15.3. The second-order valence-electron chi connectivity index (χ2n) is 9.95. The molecular formula is C32H21N5Na2O7S2. The van der Waals surface area contributed by atoms with Crippen LogP contribution in [0.5, 0.6) is 0 Å². The Balaban J connectivity index is 0.00000260. The third kappa shape index (κ3) is 8.18. The number of ketones is 1. The summed E-state index contributed by atoms with van der Waals surface area (Å²) in [5.41, 5.74) is 4.22. The number of para-hydroxylation sites is 1. The fraction of sp³-hybridized carbons (Fsp3) is 0. The number of hydrogen-bond acceptors (Lipinski definition) is 12. The zero-order valence-electron chi connectivity index (χ0n) is 25.5. The summed E-state index contributed by atoms with van der Waals surface area (Å²) >= 11 is 0. The van der Waals surface area contributed by atoms with Crippen LogP contribution in [0.3, 0.4) is 0 Å². The van der Waals surface area contributed by atoms with Gasteiger partial charge < -0.3 is 14.4 Å². The van der Waals surface area contributed by atoms with Crippen LogP contribution in [0, 0.1) is 0 Å².